The monoisotopic (exact) mass is 349 g/mol. The molecule has 2 aromatic carbocycles. The maximum atomic E-state index is 5.89. The van der Waals surface area contributed by atoms with Gasteiger partial charge in [-0.1, -0.05) is 36.4 Å². The first-order chi connectivity index (χ1) is 12.4. The molecule has 128 valence electrons. The summed E-state index contributed by atoms with van der Waals surface area (Å²) in [4.78, 5) is 0. The molecule has 0 spiro atoms. The molecule has 0 radical (unpaired) electrons. The molecule has 0 aliphatic carbocycles. The Balaban J connectivity index is 1.34. The van der Waals surface area contributed by atoms with Crippen molar-refractivity contribution in [2.75, 3.05) is 13.2 Å². The van der Waals surface area contributed by atoms with Crippen LogP contribution in [0.5, 0.6) is 5.75 Å². The van der Waals surface area contributed by atoms with Crippen molar-refractivity contribution in [1.82, 2.24) is 5.32 Å². The van der Waals surface area contributed by atoms with Gasteiger partial charge in [0.2, 0.25) is 0 Å². The number of hydrogen-bond donors (Lipinski definition) is 1. The summed E-state index contributed by atoms with van der Waals surface area (Å²) >= 11 is 1.74. The second-order valence-corrected chi connectivity index (χ2v) is 7.41. The van der Waals surface area contributed by atoms with Gasteiger partial charge in [0, 0.05) is 6.04 Å². The summed E-state index contributed by atoms with van der Waals surface area (Å²) in [5, 5.41) is 7.77. The summed E-state index contributed by atoms with van der Waals surface area (Å²) in [6.45, 7) is 1.89. The molecule has 25 heavy (non-hydrogen) atoms. The Morgan fingerprint density at radius 1 is 0.920 bits per heavy atom. The third-order valence-electron chi connectivity index (χ3n) is 4.75. The highest BCUT2D eigenvalue weighted by Crippen LogP contribution is 2.23. The lowest BCUT2D eigenvalue weighted by molar-refractivity contribution is 0.277. The van der Waals surface area contributed by atoms with Gasteiger partial charge in [0.25, 0.3) is 0 Å². The number of hydrogen-bond acceptors (Lipinski definition) is 3. The Morgan fingerprint density at radius 2 is 1.68 bits per heavy atom. The van der Waals surface area contributed by atoms with E-state index in [9.17, 15) is 0 Å². The Morgan fingerprint density at radius 3 is 2.32 bits per heavy atom. The largest absolute Gasteiger partial charge is 0.492 e. The minimum absolute atomic E-state index is 0.515. The number of benzene rings is 2. The molecule has 1 saturated heterocycles. The van der Waals surface area contributed by atoms with E-state index in [1.165, 1.54) is 35.1 Å². The van der Waals surface area contributed by atoms with E-state index in [1.54, 1.807) is 11.3 Å². The van der Waals surface area contributed by atoms with Crippen LogP contribution < -0.4 is 10.1 Å². The van der Waals surface area contributed by atoms with Gasteiger partial charge in [-0.3, -0.25) is 0 Å². The third-order valence-corrected chi connectivity index (χ3v) is 5.44. The molecule has 2 nitrogen and oxygen atoms in total. The first-order valence-corrected chi connectivity index (χ1v) is 9.88. The molecule has 1 N–H and O–H groups in total. The van der Waals surface area contributed by atoms with Crippen molar-refractivity contribution in [2.45, 2.75) is 25.3 Å². The zero-order chi connectivity index (χ0) is 16.9. The first-order valence-electron chi connectivity index (χ1n) is 8.93. The average Bonchev–Trinajstić information content (AvgIpc) is 3.36. The molecule has 1 aromatic heterocycles. The van der Waals surface area contributed by atoms with Crippen molar-refractivity contribution >= 4 is 11.3 Å². The fourth-order valence-electron chi connectivity index (χ4n) is 3.28. The molecule has 1 fully saturated rings. The molecule has 0 saturated carbocycles. The zero-order valence-electron chi connectivity index (χ0n) is 14.3. The summed E-state index contributed by atoms with van der Waals surface area (Å²) in [7, 11) is 0. The molecule has 0 bridgehead atoms. The molecule has 3 heteroatoms. The van der Waals surface area contributed by atoms with Crippen LogP contribution in [0.3, 0.4) is 0 Å². The van der Waals surface area contributed by atoms with Crippen molar-refractivity contribution in [3.63, 3.8) is 0 Å². The van der Waals surface area contributed by atoms with Crippen LogP contribution in [0.4, 0.5) is 0 Å². The lowest BCUT2D eigenvalue weighted by Gasteiger charge is -2.12. The van der Waals surface area contributed by atoms with Crippen LogP contribution in [0.2, 0.25) is 0 Å². The predicted molar refractivity (Wildman–Crippen MR) is 106 cm³/mol. The molecule has 1 aliphatic heterocycles. The van der Waals surface area contributed by atoms with Crippen LogP contribution in [0.15, 0.2) is 65.4 Å². The smallest absolute Gasteiger partial charge is 0.119 e. The zero-order valence-corrected chi connectivity index (χ0v) is 15.1. The van der Waals surface area contributed by atoms with Gasteiger partial charge in [-0.05, 0) is 77.0 Å². The quantitative estimate of drug-likeness (QED) is 0.665. The molecule has 1 aliphatic rings. The molecule has 3 aromatic rings. The molecular formula is C22H23NOS. The van der Waals surface area contributed by atoms with Gasteiger partial charge >= 0.3 is 0 Å². The highest BCUT2D eigenvalue weighted by molar-refractivity contribution is 7.08. The fourth-order valence-corrected chi connectivity index (χ4v) is 3.94. The number of thiophene rings is 1. The Hall–Kier alpha value is -2.10. The highest BCUT2D eigenvalue weighted by Gasteiger charge is 2.14. The summed E-state index contributed by atoms with van der Waals surface area (Å²) in [6.07, 6.45) is 3.44. The van der Waals surface area contributed by atoms with E-state index in [0.717, 1.165) is 25.3 Å². The van der Waals surface area contributed by atoms with Crippen molar-refractivity contribution in [2.24, 2.45) is 0 Å². The lowest BCUT2D eigenvalue weighted by Crippen LogP contribution is -2.28. The Kier molecular flexibility index (Phi) is 5.14. The standard InChI is InChI=1S/C22H23NOS/c1-2-21(23-12-1)15-24-22-9-5-18(6-10-22)14-17-3-7-19(8-4-17)20-11-13-25-16-20/h3-11,13,16,21,23H,1-2,12,14-15H2. The van der Waals surface area contributed by atoms with Crippen molar-refractivity contribution in [3.05, 3.63) is 76.5 Å². The third kappa shape index (κ3) is 4.30. The van der Waals surface area contributed by atoms with E-state index >= 15 is 0 Å². The van der Waals surface area contributed by atoms with E-state index in [0.29, 0.717) is 6.04 Å². The van der Waals surface area contributed by atoms with Crippen LogP contribution in [0.25, 0.3) is 11.1 Å². The number of nitrogens with one attached hydrogen (secondary N) is 1. The van der Waals surface area contributed by atoms with Gasteiger partial charge in [-0.15, -0.1) is 0 Å². The van der Waals surface area contributed by atoms with E-state index < -0.39 is 0 Å². The Bertz CT molecular complexity index is 772. The maximum absolute atomic E-state index is 5.89. The molecule has 1 atom stereocenters. The highest BCUT2D eigenvalue weighted by atomic mass is 32.1. The van der Waals surface area contributed by atoms with Crippen LogP contribution in [0.1, 0.15) is 24.0 Å². The molecule has 2 heterocycles. The summed E-state index contributed by atoms with van der Waals surface area (Å²) in [6, 6.07) is 20.1. The molecule has 1 unspecified atom stereocenters. The lowest BCUT2D eigenvalue weighted by atomic mass is 10.0. The Labute approximate surface area is 153 Å². The second-order valence-electron chi connectivity index (χ2n) is 6.63. The average molecular weight is 349 g/mol. The summed E-state index contributed by atoms with van der Waals surface area (Å²) < 4.78 is 5.89. The SMILES string of the molecule is c1cc(-c2ccc(Cc3ccc(OCC4CCCN4)cc3)cc2)cs1. The molecular weight excluding hydrogens is 326 g/mol. The van der Waals surface area contributed by atoms with Crippen LogP contribution in [-0.2, 0) is 6.42 Å². The molecule has 4 rings (SSSR count). The first kappa shape index (κ1) is 16.4. The summed E-state index contributed by atoms with van der Waals surface area (Å²) in [5.41, 5.74) is 5.24. The minimum atomic E-state index is 0.515. The van der Waals surface area contributed by atoms with Gasteiger partial charge in [-0.2, -0.15) is 11.3 Å². The van der Waals surface area contributed by atoms with E-state index in [-0.39, 0.29) is 0 Å². The van der Waals surface area contributed by atoms with E-state index in [4.69, 9.17) is 4.74 Å². The molecule has 0 amide bonds. The minimum Gasteiger partial charge on any atom is -0.492 e. The van der Waals surface area contributed by atoms with Crippen LogP contribution in [0, 0.1) is 0 Å². The van der Waals surface area contributed by atoms with Crippen molar-refractivity contribution in [3.8, 4) is 16.9 Å². The normalized spacial score (nSPS) is 16.9. The predicted octanol–water partition coefficient (Wildman–Crippen LogP) is 5.14. The van der Waals surface area contributed by atoms with Crippen molar-refractivity contribution in [1.29, 1.82) is 0 Å². The van der Waals surface area contributed by atoms with Gasteiger partial charge in [0.1, 0.15) is 12.4 Å². The van der Waals surface area contributed by atoms with Crippen LogP contribution in [-0.4, -0.2) is 19.2 Å². The van der Waals surface area contributed by atoms with E-state index in [1.807, 2.05) is 0 Å². The van der Waals surface area contributed by atoms with E-state index in [2.05, 4.69) is 70.7 Å². The number of rotatable bonds is 6. The van der Waals surface area contributed by atoms with Gasteiger partial charge < -0.3 is 10.1 Å². The van der Waals surface area contributed by atoms with Crippen LogP contribution >= 0.6 is 11.3 Å². The maximum Gasteiger partial charge on any atom is 0.119 e. The summed E-state index contributed by atoms with van der Waals surface area (Å²) in [5.74, 6) is 0.963. The van der Waals surface area contributed by atoms with Gasteiger partial charge in [-0.25, -0.2) is 0 Å². The van der Waals surface area contributed by atoms with Crippen molar-refractivity contribution < 1.29 is 4.74 Å². The topological polar surface area (TPSA) is 21.3 Å². The van der Waals surface area contributed by atoms with Gasteiger partial charge in [0.15, 0.2) is 0 Å². The number of ether oxygens (including phenoxy) is 1. The fraction of sp³-hybridized carbons (Fsp3) is 0.273. The second kappa shape index (κ2) is 7.85. The van der Waals surface area contributed by atoms with Gasteiger partial charge in [0.05, 0.1) is 0 Å².